The van der Waals surface area contributed by atoms with Crippen molar-refractivity contribution in [2.24, 2.45) is 5.41 Å². The minimum absolute atomic E-state index is 0.113. The number of hydrogen-bond donors (Lipinski definition) is 2. The second kappa shape index (κ2) is 5.35. The van der Waals surface area contributed by atoms with E-state index in [2.05, 4.69) is 11.4 Å². The highest BCUT2D eigenvalue weighted by Crippen LogP contribution is 2.16. The van der Waals surface area contributed by atoms with Gasteiger partial charge >= 0.3 is 0 Å². The highest BCUT2D eigenvalue weighted by atomic mass is 16.3. The van der Waals surface area contributed by atoms with Crippen molar-refractivity contribution in [3.63, 3.8) is 0 Å². The summed E-state index contributed by atoms with van der Waals surface area (Å²) in [6, 6.07) is 8.82. The normalized spacial score (nSPS) is 10.6. The Morgan fingerprint density at radius 1 is 1.47 bits per heavy atom. The molecule has 0 aliphatic rings. The highest BCUT2D eigenvalue weighted by Gasteiger charge is 2.17. The van der Waals surface area contributed by atoms with Crippen molar-refractivity contribution in [1.82, 2.24) is 5.32 Å². The number of nitrogens with zero attached hydrogens (tertiary/aromatic N) is 1. The van der Waals surface area contributed by atoms with Crippen LogP contribution < -0.4 is 5.32 Å². The third kappa shape index (κ3) is 4.15. The number of phenolic OH excluding ortho intramolecular Hbond substituents is 1. The molecule has 0 unspecified atom stereocenters. The van der Waals surface area contributed by atoms with Crippen LogP contribution in [0.4, 0.5) is 0 Å². The summed E-state index contributed by atoms with van der Waals surface area (Å²) < 4.78 is 0. The van der Waals surface area contributed by atoms with Crippen molar-refractivity contribution in [3.8, 4) is 11.8 Å². The number of nitrogens with one attached hydrogen (secondary N) is 1. The van der Waals surface area contributed by atoms with Gasteiger partial charge in [0, 0.05) is 12.1 Å². The van der Waals surface area contributed by atoms with Gasteiger partial charge < -0.3 is 10.4 Å². The summed E-state index contributed by atoms with van der Waals surface area (Å²) in [5.74, 6) is -0.0861. The molecule has 0 aliphatic heterocycles. The zero-order valence-corrected chi connectivity index (χ0v) is 10.0. The summed E-state index contributed by atoms with van der Waals surface area (Å²) in [4.78, 5) is 11.6. The van der Waals surface area contributed by atoms with E-state index in [1.807, 2.05) is 0 Å². The number of hydrogen-bond acceptors (Lipinski definition) is 3. The van der Waals surface area contributed by atoms with Gasteiger partial charge in [-0.05, 0) is 19.9 Å². The standard InChI is InChI=1S/C13H16N2O2/c1-13(2,8-14)9-15-12(17)7-10-5-3-4-6-11(10)16/h3-6,16H,7,9H2,1-2H3,(H,15,17). The van der Waals surface area contributed by atoms with Crippen LogP contribution in [0.3, 0.4) is 0 Å². The minimum Gasteiger partial charge on any atom is -0.508 e. The highest BCUT2D eigenvalue weighted by molar-refractivity contribution is 5.79. The summed E-state index contributed by atoms with van der Waals surface area (Å²) >= 11 is 0. The maximum absolute atomic E-state index is 11.6. The molecule has 0 aliphatic carbocycles. The molecule has 0 aromatic heterocycles. The van der Waals surface area contributed by atoms with Crippen LogP contribution in [0, 0.1) is 16.7 Å². The molecule has 0 spiro atoms. The molecular formula is C13H16N2O2. The molecule has 1 rings (SSSR count). The first-order valence-corrected chi connectivity index (χ1v) is 5.39. The molecular weight excluding hydrogens is 216 g/mol. The first kappa shape index (κ1) is 13.0. The Bertz CT molecular complexity index is 447. The van der Waals surface area contributed by atoms with Crippen molar-refractivity contribution >= 4 is 5.91 Å². The Kier molecular flexibility index (Phi) is 4.11. The van der Waals surface area contributed by atoms with Gasteiger partial charge in [0.15, 0.2) is 0 Å². The molecule has 0 atom stereocenters. The average molecular weight is 232 g/mol. The molecule has 2 N–H and O–H groups in total. The monoisotopic (exact) mass is 232 g/mol. The first-order chi connectivity index (χ1) is 7.94. The molecule has 4 heteroatoms. The predicted molar refractivity (Wildman–Crippen MR) is 64.2 cm³/mol. The number of aromatic hydroxyl groups is 1. The fourth-order valence-electron chi connectivity index (χ4n) is 1.25. The topological polar surface area (TPSA) is 73.1 Å². The van der Waals surface area contributed by atoms with Crippen molar-refractivity contribution in [2.45, 2.75) is 20.3 Å². The fraction of sp³-hybridized carbons (Fsp3) is 0.385. The van der Waals surface area contributed by atoms with Crippen LogP contribution in [0.25, 0.3) is 0 Å². The van der Waals surface area contributed by atoms with Crippen LogP contribution >= 0.6 is 0 Å². The molecule has 0 fully saturated rings. The molecule has 0 radical (unpaired) electrons. The largest absolute Gasteiger partial charge is 0.508 e. The van der Waals surface area contributed by atoms with Gasteiger partial charge in [-0.1, -0.05) is 18.2 Å². The van der Waals surface area contributed by atoms with Gasteiger partial charge in [0.05, 0.1) is 17.9 Å². The van der Waals surface area contributed by atoms with Crippen LogP contribution in [0.15, 0.2) is 24.3 Å². The van der Waals surface area contributed by atoms with Crippen LogP contribution in [-0.4, -0.2) is 17.6 Å². The SMILES string of the molecule is CC(C)(C#N)CNC(=O)Cc1ccccc1O. The molecule has 4 nitrogen and oxygen atoms in total. The van der Waals surface area contributed by atoms with Crippen molar-refractivity contribution in [3.05, 3.63) is 29.8 Å². The third-order valence-electron chi connectivity index (χ3n) is 2.37. The van der Waals surface area contributed by atoms with Crippen LogP contribution in [0.2, 0.25) is 0 Å². The lowest BCUT2D eigenvalue weighted by Crippen LogP contribution is -2.34. The third-order valence-corrected chi connectivity index (χ3v) is 2.37. The zero-order valence-electron chi connectivity index (χ0n) is 10.0. The Morgan fingerprint density at radius 2 is 2.12 bits per heavy atom. The Morgan fingerprint density at radius 3 is 2.71 bits per heavy atom. The Hall–Kier alpha value is -2.02. The molecule has 17 heavy (non-hydrogen) atoms. The molecule has 0 heterocycles. The number of nitriles is 1. The van der Waals surface area contributed by atoms with E-state index in [4.69, 9.17) is 5.26 Å². The second-order valence-corrected chi connectivity index (χ2v) is 4.58. The maximum atomic E-state index is 11.6. The number of carbonyl (C=O) groups excluding carboxylic acids is 1. The van der Waals surface area contributed by atoms with Crippen LogP contribution in [0.5, 0.6) is 5.75 Å². The smallest absolute Gasteiger partial charge is 0.224 e. The number of rotatable bonds is 4. The summed E-state index contributed by atoms with van der Waals surface area (Å²) in [6.07, 6.45) is 0.119. The number of amides is 1. The van der Waals surface area contributed by atoms with E-state index < -0.39 is 5.41 Å². The molecule has 0 bridgehead atoms. The Balaban J connectivity index is 2.52. The summed E-state index contributed by atoms with van der Waals surface area (Å²) in [5.41, 5.74) is 0.00811. The van der Waals surface area contributed by atoms with Crippen LogP contribution in [0.1, 0.15) is 19.4 Å². The van der Waals surface area contributed by atoms with Gasteiger partial charge in [0.2, 0.25) is 5.91 Å². The molecule has 1 amide bonds. The van der Waals surface area contributed by atoms with E-state index in [-0.39, 0.29) is 18.1 Å². The molecule has 1 aromatic carbocycles. The number of carbonyl (C=O) groups is 1. The number of phenols is 1. The van der Waals surface area contributed by atoms with E-state index in [0.717, 1.165) is 0 Å². The van der Waals surface area contributed by atoms with Crippen molar-refractivity contribution < 1.29 is 9.90 Å². The predicted octanol–water partition coefficient (Wildman–Crippen LogP) is 1.60. The maximum Gasteiger partial charge on any atom is 0.224 e. The molecule has 0 saturated heterocycles. The lowest BCUT2D eigenvalue weighted by Gasteiger charge is -2.15. The lowest BCUT2D eigenvalue weighted by atomic mass is 9.96. The quantitative estimate of drug-likeness (QED) is 0.828. The van der Waals surface area contributed by atoms with Gasteiger partial charge in [-0.3, -0.25) is 4.79 Å². The van der Waals surface area contributed by atoms with Crippen LogP contribution in [-0.2, 0) is 11.2 Å². The minimum atomic E-state index is -0.575. The molecule has 90 valence electrons. The van der Waals surface area contributed by atoms with Gasteiger partial charge in [-0.2, -0.15) is 5.26 Å². The van der Waals surface area contributed by atoms with E-state index in [9.17, 15) is 9.90 Å². The van der Waals surface area contributed by atoms with Gasteiger partial charge in [-0.15, -0.1) is 0 Å². The molecule has 0 saturated carbocycles. The summed E-state index contributed by atoms with van der Waals surface area (Å²) in [5, 5.41) is 21.0. The van der Waals surface area contributed by atoms with E-state index in [1.165, 1.54) is 0 Å². The zero-order chi connectivity index (χ0) is 12.9. The van der Waals surface area contributed by atoms with Gasteiger partial charge in [0.1, 0.15) is 5.75 Å². The lowest BCUT2D eigenvalue weighted by molar-refractivity contribution is -0.120. The Labute approximate surface area is 101 Å². The average Bonchev–Trinajstić information content (AvgIpc) is 2.30. The fourth-order valence-corrected chi connectivity index (χ4v) is 1.25. The van der Waals surface area contributed by atoms with E-state index in [1.54, 1.807) is 38.1 Å². The van der Waals surface area contributed by atoms with E-state index in [0.29, 0.717) is 12.1 Å². The van der Waals surface area contributed by atoms with Gasteiger partial charge in [-0.25, -0.2) is 0 Å². The van der Waals surface area contributed by atoms with Crippen molar-refractivity contribution in [2.75, 3.05) is 6.54 Å². The number of para-hydroxylation sites is 1. The number of benzene rings is 1. The van der Waals surface area contributed by atoms with Gasteiger partial charge in [0.25, 0.3) is 0 Å². The molecule has 1 aromatic rings. The van der Waals surface area contributed by atoms with E-state index >= 15 is 0 Å². The second-order valence-electron chi connectivity index (χ2n) is 4.58. The summed E-state index contributed by atoms with van der Waals surface area (Å²) in [7, 11) is 0. The van der Waals surface area contributed by atoms with Crippen molar-refractivity contribution in [1.29, 1.82) is 5.26 Å². The summed E-state index contributed by atoms with van der Waals surface area (Å²) in [6.45, 7) is 3.82. The first-order valence-electron chi connectivity index (χ1n) is 5.39.